The molecule has 2 aliphatic rings. The van der Waals surface area contributed by atoms with Crippen LogP contribution in [0.1, 0.15) is 31.2 Å². The normalized spacial score (nSPS) is 25.3. The van der Waals surface area contributed by atoms with Gasteiger partial charge in [0.15, 0.2) is 0 Å². The Balaban J connectivity index is 1.66. The summed E-state index contributed by atoms with van der Waals surface area (Å²) in [5, 5.41) is 15.7. The molecule has 0 unspecified atom stereocenters. The van der Waals surface area contributed by atoms with Crippen LogP contribution in [0.5, 0.6) is 0 Å². The van der Waals surface area contributed by atoms with Gasteiger partial charge in [-0.25, -0.2) is 9.78 Å². The number of aromatic nitrogens is 1. The van der Waals surface area contributed by atoms with Crippen molar-refractivity contribution < 1.29 is 9.90 Å². The first kappa shape index (κ1) is 14.1. The third-order valence-electron chi connectivity index (χ3n) is 4.22. The molecule has 5 nitrogen and oxygen atoms in total. The minimum Gasteiger partial charge on any atom is -0.478 e. The van der Waals surface area contributed by atoms with E-state index in [1.54, 1.807) is 12.3 Å². The molecule has 112 valence electrons. The Morgan fingerprint density at radius 3 is 2.95 bits per heavy atom. The Kier molecular flexibility index (Phi) is 3.92. The van der Waals surface area contributed by atoms with E-state index >= 15 is 0 Å². The van der Waals surface area contributed by atoms with Crippen LogP contribution in [-0.4, -0.2) is 34.7 Å². The Hall–Kier alpha value is -1.88. The topological polar surface area (TPSA) is 74.2 Å². The summed E-state index contributed by atoms with van der Waals surface area (Å²) in [6.07, 6.45) is 9.44. The average Bonchev–Trinajstić information content (AvgIpc) is 3.15. The summed E-state index contributed by atoms with van der Waals surface area (Å²) in [5.74, 6) is 0.791. The number of pyridine rings is 1. The fraction of sp³-hybridized carbons (Fsp3) is 0.500. The van der Waals surface area contributed by atoms with Crippen LogP contribution in [0.3, 0.4) is 0 Å². The van der Waals surface area contributed by atoms with Crippen LogP contribution in [0.25, 0.3) is 6.08 Å². The number of hydrogen-bond donors (Lipinski definition) is 3. The molecule has 0 spiro atoms. The van der Waals surface area contributed by atoms with Gasteiger partial charge in [0.1, 0.15) is 5.82 Å². The van der Waals surface area contributed by atoms with E-state index in [0.717, 1.165) is 42.9 Å². The molecule has 1 saturated carbocycles. The van der Waals surface area contributed by atoms with E-state index in [9.17, 15) is 4.79 Å². The minimum absolute atomic E-state index is 0.132. The Labute approximate surface area is 124 Å². The van der Waals surface area contributed by atoms with E-state index in [1.165, 1.54) is 19.3 Å². The SMILES string of the molecule is O=C(O)/C=C/c1ccc(N[C@]2(CC3CC3)CCNC2)nc1. The molecule has 1 atom stereocenters. The molecule has 0 bridgehead atoms. The van der Waals surface area contributed by atoms with E-state index in [-0.39, 0.29) is 5.54 Å². The lowest BCUT2D eigenvalue weighted by molar-refractivity contribution is -0.131. The van der Waals surface area contributed by atoms with Gasteiger partial charge in [0.05, 0.1) is 5.54 Å². The van der Waals surface area contributed by atoms with Gasteiger partial charge in [-0.2, -0.15) is 0 Å². The lowest BCUT2D eigenvalue weighted by atomic mass is 9.91. The highest BCUT2D eigenvalue weighted by Crippen LogP contribution is 2.40. The highest BCUT2D eigenvalue weighted by molar-refractivity contribution is 5.85. The third-order valence-corrected chi connectivity index (χ3v) is 4.22. The van der Waals surface area contributed by atoms with Gasteiger partial charge in [-0.3, -0.25) is 0 Å². The summed E-state index contributed by atoms with van der Waals surface area (Å²) in [6.45, 7) is 2.05. The first-order valence-electron chi connectivity index (χ1n) is 7.51. The van der Waals surface area contributed by atoms with Crippen molar-refractivity contribution >= 4 is 17.9 Å². The highest BCUT2D eigenvalue weighted by Gasteiger charge is 2.39. The van der Waals surface area contributed by atoms with E-state index in [2.05, 4.69) is 15.6 Å². The van der Waals surface area contributed by atoms with E-state index in [4.69, 9.17) is 5.11 Å². The molecule has 1 aromatic rings. The van der Waals surface area contributed by atoms with Crippen molar-refractivity contribution in [1.29, 1.82) is 0 Å². The average molecular weight is 287 g/mol. The third kappa shape index (κ3) is 3.82. The highest BCUT2D eigenvalue weighted by atomic mass is 16.4. The molecular weight excluding hydrogens is 266 g/mol. The zero-order valence-corrected chi connectivity index (χ0v) is 12.0. The summed E-state index contributed by atoms with van der Waals surface area (Å²) < 4.78 is 0. The van der Waals surface area contributed by atoms with Gasteiger partial charge in [0.2, 0.25) is 0 Å². The van der Waals surface area contributed by atoms with Gasteiger partial charge >= 0.3 is 5.97 Å². The first-order chi connectivity index (χ1) is 10.2. The second-order valence-corrected chi connectivity index (χ2v) is 6.13. The number of aliphatic carboxylic acids is 1. The Bertz CT molecular complexity index is 529. The molecule has 0 radical (unpaired) electrons. The van der Waals surface area contributed by atoms with Crippen LogP contribution in [0.2, 0.25) is 0 Å². The lowest BCUT2D eigenvalue weighted by Crippen LogP contribution is -2.41. The molecule has 21 heavy (non-hydrogen) atoms. The van der Waals surface area contributed by atoms with Crippen molar-refractivity contribution in [2.75, 3.05) is 18.4 Å². The van der Waals surface area contributed by atoms with Crippen LogP contribution in [0, 0.1) is 5.92 Å². The van der Waals surface area contributed by atoms with Crippen LogP contribution < -0.4 is 10.6 Å². The molecule has 5 heteroatoms. The van der Waals surface area contributed by atoms with Gasteiger partial charge in [-0.05, 0) is 49.1 Å². The van der Waals surface area contributed by atoms with Crippen molar-refractivity contribution in [2.24, 2.45) is 5.92 Å². The molecule has 2 heterocycles. The molecule has 0 aromatic carbocycles. The molecule has 1 saturated heterocycles. The number of nitrogens with one attached hydrogen (secondary N) is 2. The molecule has 1 aromatic heterocycles. The number of carboxylic acid groups (broad SMARTS) is 1. The monoisotopic (exact) mass is 287 g/mol. The number of nitrogens with zero attached hydrogens (tertiary/aromatic N) is 1. The minimum atomic E-state index is -0.947. The summed E-state index contributed by atoms with van der Waals surface area (Å²) >= 11 is 0. The summed E-state index contributed by atoms with van der Waals surface area (Å²) in [4.78, 5) is 14.9. The number of hydrogen-bond acceptors (Lipinski definition) is 4. The maximum absolute atomic E-state index is 10.5. The van der Waals surface area contributed by atoms with Crippen LogP contribution in [-0.2, 0) is 4.79 Å². The maximum Gasteiger partial charge on any atom is 0.328 e. The molecule has 1 aliphatic heterocycles. The predicted molar refractivity (Wildman–Crippen MR) is 82.1 cm³/mol. The van der Waals surface area contributed by atoms with Crippen molar-refractivity contribution in [1.82, 2.24) is 10.3 Å². The summed E-state index contributed by atoms with van der Waals surface area (Å²) in [5.41, 5.74) is 0.927. The molecule has 1 aliphatic carbocycles. The van der Waals surface area contributed by atoms with Gasteiger partial charge in [-0.1, -0.05) is 12.8 Å². The van der Waals surface area contributed by atoms with Gasteiger partial charge in [0.25, 0.3) is 0 Å². The maximum atomic E-state index is 10.5. The fourth-order valence-corrected chi connectivity index (χ4v) is 2.97. The van der Waals surface area contributed by atoms with Crippen LogP contribution in [0.15, 0.2) is 24.4 Å². The van der Waals surface area contributed by atoms with Gasteiger partial charge < -0.3 is 15.7 Å². The van der Waals surface area contributed by atoms with Gasteiger partial charge in [-0.15, -0.1) is 0 Å². The number of carboxylic acids is 1. The van der Waals surface area contributed by atoms with E-state index in [0.29, 0.717) is 0 Å². The predicted octanol–water partition coefficient (Wildman–Crippen LogP) is 2.12. The summed E-state index contributed by atoms with van der Waals surface area (Å²) in [7, 11) is 0. The summed E-state index contributed by atoms with van der Waals surface area (Å²) in [6, 6.07) is 3.82. The van der Waals surface area contributed by atoms with Crippen molar-refractivity contribution in [3.8, 4) is 0 Å². The number of rotatable bonds is 6. The number of anilines is 1. The van der Waals surface area contributed by atoms with Crippen molar-refractivity contribution in [3.05, 3.63) is 30.0 Å². The van der Waals surface area contributed by atoms with Crippen molar-refractivity contribution in [3.63, 3.8) is 0 Å². The zero-order valence-electron chi connectivity index (χ0n) is 12.0. The van der Waals surface area contributed by atoms with Crippen LogP contribution >= 0.6 is 0 Å². The second-order valence-electron chi connectivity index (χ2n) is 6.13. The fourth-order valence-electron chi connectivity index (χ4n) is 2.97. The largest absolute Gasteiger partial charge is 0.478 e. The molecule has 3 N–H and O–H groups in total. The molecular formula is C16H21N3O2. The smallest absolute Gasteiger partial charge is 0.328 e. The van der Waals surface area contributed by atoms with Gasteiger partial charge in [0, 0.05) is 18.8 Å². The Morgan fingerprint density at radius 2 is 2.38 bits per heavy atom. The van der Waals surface area contributed by atoms with E-state index in [1.807, 2.05) is 12.1 Å². The lowest BCUT2D eigenvalue weighted by Gasteiger charge is -2.30. The van der Waals surface area contributed by atoms with E-state index < -0.39 is 5.97 Å². The Morgan fingerprint density at radius 1 is 1.52 bits per heavy atom. The molecule has 2 fully saturated rings. The molecule has 0 amide bonds. The van der Waals surface area contributed by atoms with Crippen molar-refractivity contribution in [2.45, 2.75) is 31.2 Å². The molecule has 3 rings (SSSR count). The standard InChI is InChI=1S/C16H21N3O2/c20-15(21)6-4-13-3-5-14(18-10-13)19-16(7-8-17-11-16)9-12-1-2-12/h3-6,10,12,17H,1-2,7-9,11H2,(H,18,19)(H,20,21)/b6-4+/t16-/m0/s1. The second kappa shape index (κ2) is 5.85. The van der Waals surface area contributed by atoms with Crippen LogP contribution in [0.4, 0.5) is 5.82 Å². The number of carbonyl (C=O) groups is 1. The zero-order chi connectivity index (χ0) is 14.7. The quantitative estimate of drug-likeness (QED) is 0.699. The first-order valence-corrected chi connectivity index (χ1v) is 7.51.